The van der Waals surface area contributed by atoms with E-state index in [1.54, 1.807) is 0 Å². The fourth-order valence-electron chi connectivity index (χ4n) is 2.26. The Morgan fingerprint density at radius 2 is 1.79 bits per heavy atom. The molecule has 74 valence electrons. The molecule has 0 aliphatic heterocycles. The Kier molecular flexibility index (Phi) is 2.20. The summed E-state index contributed by atoms with van der Waals surface area (Å²) in [6.07, 6.45) is 1.58. The molecule has 1 aromatic carbocycles. The van der Waals surface area contributed by atoms with E-state index in [1.807, 2.05) is 25.1 Å². The van der Waals surface area contributed by atoms with Gasteiger partial charge >= 0.3 is 0 Å². The van der Waals surface area contributed by atoms with E-state index in [-0.39, 0.29) is 0 Å². The summed E-state index contributed by atoms with van der Waals surface area (Å²) in [5, 5.41) is 9.95. The van der Waals surface area contributed by atoms with Crippen LogP contribution in [-0.2, 0) is 0 Å². The number of aliphatic hydroxyl groups is 1. The van der Waals surface area contributed by atoms with Crippen LogP contribution in [0.3, 0.4) is 0 Å². The van der Waals surface area contributed by atoms with E-state index in [2.05, 4.69) is 19.1 Å². The van der Waals surface area contributed by atoms with Crippen LogP contribution >= 0.6 is 0 Å². The summed E-state index contributed by atoms with van der Waals surface area (Å²) >= 11 is 0. The predicted molar refractivity (Wildman–Crippen MR) is 58.9 cm³/mol. The lowest BCUT2D eigenvalue weighted by atomic mass is 9.99. The molecule has 1 aliphatic rings. The largest absolute Gasteiger partial charge is 0.390 e. The van der Waals surface area contributed by atoms with Gasteiger partial charge in [0.05, 0.1) is 5.60 Å². The first-order valence-corrected chi connectivity index (χ1v) is 5.05. The zero-order chi connectivity index (χ0) is 10.2. The molecule has 0 fully saturated rings. The molecule has 0 saturated heterocycles. The number of hydrogen-bond donors (Lipinski definition) is 1. The summed E-state index contributed by atoms with van der Waals surface area (Å²) in [4.78, 5) is 0. The van der Waals surface area contributed by atoms with Crippen molar-refractivity contribution >= 4 is 5.57 Å². The molecule has 0 radical (unpaired) electrons. The van der Waals surface area contributed by atoms with E-state index in [0.717, 1.165) is 12.8 Å². The van der Waals surface area contributed by atoms with Crippen molar-refractivity contribution < 1.29 is 5.11 Å². The van der Waals surface area contributed by atoms with Gasteiger partial charge in [-0.3, -0.25) is 0 Å². The van der Waals surface area contributed by atoms with Crippen molar-refractivity contribution in [2.45, 2.75) is 32.3 Å². The zero-order valence-electron chi connectivity index (χ0n) is 8.75. The topological polar surface area (TPSA) is 20.2 Å². The molecule has 0 bridgehead atoms. The molecule has 1 aromatic rings. The molecule has 0 saturated carbocycles. The van der Waals surface area contributed by atoms with Gasteiger partial charge in [-0.25, -0.2) is 0 Å². The van der Waals surface area contributed by atoms with Gasteiger partial charge < -0.3 is 5.11 Å². The fourth-order valence-corrected chi connectivity index (χ4v) is 2.26. The first kappa shape index (κ1) is 9.47. The maximum atomic E-state index is 9.95. The molecule has 1 nitrogen and oxygen atoms in total. The van der Waals surface area contributed by atoms with Crippen LogP contribution in [0.15, 0.2) is 35.9 Å². The molecule has 1 heteroatoms. The van der Waals surface area contributed by atoms with Crippen molar-refractivity contribution in [2.24, 2.45) is 0 Å². The molecule has 0 spiro atoms. The van der Waals surface area contributed by atoms with Gasteiger partial charge in [0.25, 0.3) is 0 Å². The minimum Gasteiger partial charge on any atom is -0.390 e. The number of benzene rings is 1. The summed E-state index contributed by atoms with van der Waals surface area (Å²) in [6, 6.07) is 10.3. The average Bonchev–Trinajstić information content (AvgIpc) is 2.41. The smallest absolute Gasteiger partial charge is 0.0697 e. The van der Waals surface area contributed by atoms with Crippen LogP contribution in [-0.4, -0.2) is 10.7 Å². The predicted octanol–water partition coefficient (Wildman–Crippen LogP) is 3.00. The van der Waals surface area contributed by atoms with Crippen LogP contribution in [0.25, 0.3) is 5.57 Å². The van der Waals surface area contributed by atoms with E-state index in [1.165, 1.54) is 16.7 Å². The van der Waals surface area contributed by atoms with E-state index in [0.29, 0.717) is 0 Å². The Labute approximate surface area is 85.1 Å². The van der Waals surface area contributed by atoms with Gasteiger partial charge in [0, 0.05) is 6.42 Å². The van der Waals surface area contributed by atoms with Gasteiger partial charge in [-0.2, -0.15) is 0 Å². The van der Waals surface area contributed by atoms with Crippen LogP contribution in [0.2, 0.25) is 0 Å². The van der Waals surface area contributed by atoms with Gasteiger partial charge in [0.15, 0.2) is 0 Å². The van der Waals surface area contributed by atoms with Gasteiger partial charge in [-0.1, -0.05) is 35.9 Å². The number of rotatable bonds is 1. The van der Waals surface area contributed by atoms with Crippen molar-refractivity contribution in [1.29, 1.82) is 0 Å². The molecule has 1 atom stereocenters. The van der Waals surface area contributed by atoms with Gasteiger partial charge in [-0.15, -0.1) is 0 Å². The first-order chi connectivity index (χ1) is 6.58. The zero-order valence-corrected chi connectivity index (χ0v) is 8.75. The summed E-state index contributed by atoms with van der Waals surface area (Å²) in [7, 11) is 0. The quantitative estimate of drug-likeness (QED) is 0.718. The van der Waals surface area contributed by atoms with E-state index < -0.39 is 5.60 Å². The van der Waals surface area contributed by atoms with Crippen molar-refractivity contribution in [3.63, 3.8) is 0 Å². The Hall–Kier alpha value is -1.08. The molecule has 1 N–H and O–H groups in total. The number of hydrogen-bond acceptors (Lipinski definition) is 1. The molecule has 1 unspecified atom stereocenters. The molecule has 2 rings (SSSR count). The van der Waals surface area contributed by atoms with E-state index >= 15 is 0 Å². The standard InChI is InChI=1S/C13H16O/c1-10-8-13(2,14)9-12(10)11-6-4-3-5-7-11/h3-7,14H,8-9H2,1-2H3. The summed E-state index contributed by atoms with van der Waals surface area (Å²) in [6.45, 7) is 4.02. The van der Waals surface area contributed by atoms with E-state index in [9.17, 15) is 5.11 Å². The SMILES string of the molecule is CC1=C(c2ccccc2)CC(C)(O)C1. The highest BCUT2D eigenvalue weighted by atomic mass is 16.3. The molecule has 0 amide bonds. The highest BCUT2D eigenvalue weighted by Gasteiger charge is 2.30. The molecular formula is C13H16O. The lowest BCUT2D eigenvalue weighted by Gasteiger charge is -2.15. The first-order valence-electron chi connectivity index (χ1n) is 5.05. The van der Waals surface area contributed by atoms with E-state index in [4.69, 9.17) is 0 Å². The monoisotopic (exact) mass is 188 g/mol. The molecule has 0 heterocycles. The second-order valence-corrected chi connectivity index (χ2v) is 4.48. The van der Waals surface area contributed by atoms with Crippen LogP contribution in [0.5, 0.6) is 0 Å². The second kappa shape index (κ2) is 3.25. The Morgan fingerprint density at radius 1 is 1.14 bits per heavy atom. The average molecular weight is 188 g/mol. The summed E-state index contributed by atoms with van der Waals surface area (Å²) in [5.41, 5.74) is 3.36. The van der Waals surface area contributed by atoms with Gasteiger partial charge in [0.1, 0.15) is 0 Å². The minimum absolute atomic E-state index is 0.532. The fraction of sp³-hybridized carbons (Fsp3) is 0.385. The summed E-state index contributed by atoms with van der Waals surface area (Å²) in [5.74, 6) is 0. The molecule has 0 aromatic heterocycles. The van der Waals surface area contributed by atoms with Crippen molar-refractivity contribution in [3.05, 3.63) is 41.5 Å². The third-order valence-electron chi connectivity index (χ3n) is 2.84. The third-order valence-corrected chi connectivity index (χ3v) is 2.84. The normalized spacial score (nSPS) is 27.1. The van der Waals surface area contributed by atoms with Crippen molar-refractivity contribution in [1.82, 2.24) is 0 Å². The lowest BCUT2D eigenvalue weighted by molar-refractivity contribution is 0.0741. The highest BCUT2D eigenvalue weighted by Crippen LogP contribution is 2.39. The highest BCUT2D eigenvalue weighted by molar-refractivity contribution is 5.71. The van der Waals surface area contributed by atoms with Crippen LogP contribution in [0, 0.1) is 0 Å². The molecular weight excluding hydrogens is 172 g/mol. The maximum absolute atomic E-state index is 9.95. The van der Waals surface area contributed by atoms with Crippen molar-refractivity contribution in [2.75, 3.05) is 0 Å². The van der Waals surface area contributed by atoms with Crippen LogP contribution in [0.4, 0.5) is 0 Å². The third kappa shape index (κ3) is 1.73. The minimum atomic E-state index is -0.532. The molecule has 14 heavy (non-hydrogen) atoms. The van der Waals surface area contributed by atoms with Gasteiger partial charge in [0.2, 0.25) is 0 Å². The van der Waals surface area contributed by atoms with Crippen LogP contribution in [0.1, 0.15) is 32.3 Å². The second-order valence-electron chi connectivity index (χ2n) is 4.48. The van der Waals surface area contributed by atoms with Gasteiger partial charge in [-0.05, 0) is 31.4 Å². The lowest BCUT2D eigenvalue weighted by Crippen LogP contribution is -2.19. The Balaban J connectivity index is 2.33. The Morgan fingerprint density at radius 3 is 2.29 bits per heavy atom. The Bertz CT molecular complexity index is 360. The van der Waals surface area contributed by atoms with Crippen molar-refractivity contribution in [3.8, 4) is 0 Å². The summed E-state index contributed by atoms with van der Waals surface area (Å²) < 4.78 is 0. The maximum Gasteiger partial charge on any atom is 0.0697 e. The van der Waals surface area contributed by atoms with Crippen LogP contribution < -0.4 is 0 Å². The molecule has 1 aliphatic carbocycles.